The van der Waals surface area contributed by atoms with Crippen molar-refractivity contribution in [3.05, 3.63) is 126 Å². The molecule has 0 amide bonds. The first-order valence-electron chi connectivity index (χ1n) is 15.2. The van der Waals surface area contributed by atoms with E-state index in [0.717, 1.165) is 5.56 Å². The van der Waals surface area contributed by atoms with E-state index in [-0.39, 0.29) is 6.85 Å². The van der Waals surface area contributed by atoms with Crippen molar-refractivity contribution in [3.8, 4) is 34.0 Å². The number of benzene rings is 7. The molecule has 2 aliphatic rings. The average molecular weight is 555 g/mol. The van der Waals surface area contributed by atoms with E-state index >= 15 is 0 Å². The van der Waals surface area contributed by atoms with Crippen LogP contribution in [-0.2, 0) is 0 Å². The van der Waals surface area contributed by atoms with Crippen LogP contribution in [0.2, 0.25) is 0 Å². The van der Waals surface area contributed by atoms with Gasteiger partial charge in [0.15, 0.2) is 0 Å². The lowest BCUT2D eigenvalue weighted by molar-refractivity contribution is 1.17. The standard InChI is InChI=1S/C40H22BN3/c1-22-30(26-9-4-7-23(19-26)21-42)20-34-38-35(22)29-12-6-11-28-27-10-2-3-13-32(27)44(39(28)29)41(38)31-18-17-25-16-15-24-8-5-14-33-36(24)37(25)40(31)43(33)34/h2-20H,1H3. The van der Waals surface area contributed by atoms with Crippen molar-refractivity contribution in [2.75, 3.05) is 0 Å². The Morgan fingerprint density at radius 3 is 2.34 bits per heavy atom. The Kier molecular flexibility index (Phi) is 3.92. The van der Waals surface area contributed by atoms with E-state index in [2.05, 4.69) is 119 Å². The monoisotopic (exact) mass is 555 g/mol. The molecule has 4 heterocycles. The van der Waals surface area contributed by atoms with Crippen LogP contribution in [0, 0.1) is 18.3 Å². The van der Waals surface area contributed by atoms with Crippen molar-refractivity contribution in [2.45, 2.75) is 6.92 Å². The Bertz CT molecular complexity index is 2810. The summed E-state index contributed by atoms with van der Waals surface area (Å²) >= 11 is 0. The second-order valence-electron chi connectivity index (χ2n) is 12.4. The Hall–Kier alpha value is -5.79. The maximum Gasteiger partial charge on any atom is 0.333 e. The first-order valence-corrected chi connectivity index (χ1v) is 15.2. The fourth-order valence-corrected chi connectivity index (χ4v) is 8.79. The quantitative estimate of drug-likeness (QED) is 0.148. The number of nitrogens with zero attached hydrogens (tertiary/aromatic N) is 3. The predicted octanol–water partition coefficient (Wildman–Crippen LogP) is 8.28. The van der Waals surface area contributed by atoms with Gasteiger partial charge in [-0.2, -0.15) is 5.26 Å². The zero-order valence-corrected chi connectivity index (χ0v) is 23.9. The first kappa shape index (κ1) is 22.8. The molecule has 0 N–H and O–H groups in total. The SMILES string of the molecule is Cc1c(-c2cccc(C#N)c2)cc2c3c1-c1cccc4c5ccccc5n(c14)B3c1ccc3ccc4cccc5c4c3c1n5-2. The number of nitriles is 1. The topological polar surface area (TPSA) is 33.6 Å². The van der Waals surface area contributed by atoms with Crippen LogP contribution in [0.5, 0.6) is 0 Å². The van der Waals surface area contributed by atoms with Crippen LogP contribution in [-0.4, -0.2) is 15.9 Å². The van der Waals surface area contributed by atoms with E-state index in [9.17, 15) is 5.26 Å². The highest BCUT2D eigenvalue weighted by Crippen LogP contribution is 2.47. The third-order valence-corrected chi connectivity index (χ3v) is 10.4. The lowest BCUT2D eigenvalue weighted by Crippen LogP contribution is -2.55. The van der Waals surface area contributed by atoms with Crippen LogP contribution < -0.4 is 10.9 Å². The smallest absolute Gasteiger partial charge is 0.333 e. The second-order valence-corrected chi connectivity index (χ2v) is 12.4. The normalized spacial score (nSPS) is 13.0. The number of fused-ring (bicyclic) bond motifs is 8. The zero-order valence-electron chi connectivity index (χ0n) is 23.9. The molecule has 4 heteroatoms. The largest absolute Gasteiger partial charge is 0.375 e. The minimum atomic E-state index is 0.0377. The highest BCUT2D eigenvalue weighted by atomic mass is 15.0. The summed E-state index contributed by atoms with van der Waals surface area (Å²) in [5, 5.41) is 17.6. The minimum Gasteiger partial charge on any atom is -0.375 e. The van der Waals surface area contributed by atoms with E-state index in [0.29, 0.717) is 5.56 Å². The number of aromatic nitrogens is 2. The molecule has 0 atom stereocenters. The molecule has 0 radical (unpaired) electrons. The van der Waals surface area contributed by atoms with Crippen LogP contribution in [0.15, 0.2) is 115 Å². The van der Waals surface area contributed by atoms with Crippen molar-refractivity contribution >= 4 is 72.2 Å². The maximum atomic E-state index is 9.79. The third kappa shape index (κ3) is 2.46. The lowest BCUT2D eigenvalue weighted by atomic mass is 9.45. The predicted molar refractivity (Wildman–Crippen MR) is 183 cm³/mol. The molecule has 7 aromatic carbocycles. The van der Waals surface area contributed by atoms with Gasteiger partial charge >= 0.3 is 6.85 Å². The Morgan fingerprint density at radius 1 is 0.659 bits per heavy atom. The molecule has 0 saturated heterocycles. The van der Waals surface area contributed by atoms with Crippen LogP contribution in [0.4, 0.5) is 0 Å². The van der Waals surface area contributed by atoms with Gasteiger partial charge in [-0.15, -0.1) is 0 Å². The summed E-state index contributed by atoms with van der Waals surface area (Å²) in [7, 11) is 0. The summed E-state index contributed by atoms with van der Waals surface area (Å²) in [5.74, 6) is 0. The molecule has 0 saturated carbocycles. The summed E-state index contributed by atoms with van der Waals surface area (Å²) in [5.41, 5.74) is 15.9. The molecule has 0 unspecified atom stereocenters. The fourth-order valence-electron chi connectivity index (χ4n) is 8.79. The summed E-state index contributed by atoms with van der Waals surface area (Å²) in [6.07, 6.45) is 0. The molecule has 200 valence electrons. The van der Waals surface area contributed by atoms with E-state index < -0.39 is 0 Å². The van der Waals surface area contributed by atoms with E-state index in [1.165, 1.54) is 93.3 Å². The van der Waals surface area contributed by atoms with E-state index in [4.69, 9.17) is 0 Å². The minimum absolute atomic E-state index is 0.0377. The van der Waals surface area contributed by atoms with Gasteiger partial charge in [-0.25, -0.2) is 0 Å². The number of hydrogen-bond donors (Lipinski definition) is 0. The first-order chi connectivity index (χ1) is 21.7. The molecule has 0 fully saturated rings. The highest BCUT2D eigenvalue weighted by molar-refractivity contribution is 6.90. The molecular weight excluding hydrogens is 533 g/mol. The fraction of sp³-hybridized carbons (Fsp3) is 0.0250. The van der Waals surface area contributed by atoms with Crippen LogP contribution >= 0.6 is 0 Å². The van der Waals surface area contributed by atoms with Gasteiger partial charge in [-0.3, -0.25) is 0 Å². The number of para-hydroxylation sites is 2. The van der Waals surface area contributed by atoms with Crippen molar-refractivity contribution in [1.82, 2.24) is 9.05 Å². The van der Waals surface area contributed by atoms with Gasteiger partial charge in [0, 0.05) is 43.8 Å². The Balaban J connectivity index is 1.43. The van der Waals surface area contributed by atoms with Gasteiger partial charge in [-0.05, 0) is 81.2 Å². The Labute approximate surface area is 253 Å². The van der Waals surface area contributed by atoms with Crippen LogP contribution in [0.3, 0.4) is 0 Å². The summed E-state index contributed by atoms with van der Waals surface area (Å²) in [6, 6.07) is 44.5. The van der Waals surface area contributed by atoms with E-state index in [1.54, 1.807) is 0 Å². The van der Waals surface area contributed by atoms with Crippen molar-refractivity contribution in [2.24, 2.45) is 0 Å². The van der Waals surface area contributed by atoms with Crippen LogP contribution in [0.25, 0.3) is 82.3 Å². The molecule has 44 heavy (non-hydrogen) atoms. The molecule has 9 aromatic rings. The van der Waals surface area contributed by atoms with Crippen molar-refractivity contribution in [3.63, 3.8) is 0 Å². The van der Waals surface area contributed by atoms with E-state index in [1.807, 2.05) is 18.2 Å². The van der Waals surface area contributed by atoms with Gasteiger partial charge in [-0.1, -0.05) is 84.9 Å². The molecule has 0 aliphatic carbocycles. The molecule has 0 spiro atoms. The van der Waals surface area contributed by atoms with Gasteiger partial charge in [0.2, 0.25) is 0 Å². The van der Waals surface area contributed by atoms with Gasteiger partial charge in [0.1, 0.15) is 0 Å². The molecule has 11 rings (SSSR count). The van der Waals surface area contributed by atoms with Crippen molar-refractivity contribution < 1.29 is 0 Å². The molecule has 0 bridgehead atoms. The van der Waals surface area contributed by atoms with Crippen molar-refractivity contribution in [1.29, 1.82) is 5.26 Å². The summed E-state index contributed by atoms with van der Waals surface area (Å²) in [4.78, 5) is 0. The summed E-state index contributed by atoms with van der Waals surface area (Å²) < 4.78 is 5.17. The van der Waals surface area contributed by atoms with Gasteiger partial charge < -0.3 is 9.05 Å². The average Bonchev–Trinajstić information content (AvgIpc) is 3.60. The number of hydrogen-bond acceptors (Lipinski definition) is 1. The highest BCUT2D eigenvalue weighted by Gasteiger charge is 2.42. The maximum absolute atomic E-state index is 9.79. The lowest BCUT2D eigenvalue weighted by Gasteiger charge is -2.35. The Morgan fingerprint density at radius 2 is 1.43 bits per heavy atom. The third-order valence-electron chi connectivity index (χ3n) is 10.4. The molecule has 3 nitrogen and oxygen atoms in total. The number of rotatable bonds is 1. The van der Waals surface area contributed by atoms with Gasteiger partial charge in [0.25, 0.3) is 0 Å². The molecule has 2 aliphatic heterocycles. The molecule has 2 aromatic heterocycles. The second kappa shape index (κ2) is 7.59. The molecular formula is C40H22BN3. The summed E-state index contributed by atoms with van der Waals surface area (Å²) in [6.45, 7) is 2.31. The van der Waals surface area contributed by atoms with Crippen LogP contribution in [0.1, 0.15) is 11.1 Å². The zero-order chi connectivity index (χ0) is 28.8. The van der Waals surface area contributed by atoms with Gasteiger partial charge in [0.05, 0.1) is 22.7 Å².